The van der Waals surface area contributed by atoms with E-state index in [1.807, 2.05) is 0 Å². The molecule has 0 spiro atoms. The van der Waals surface area contributed by atoms with E-state index in [2.05, 4.69) is 9.98 Å². The number of aromatic nitrogens is 1. The normalized spacial score (nSPS) is 21.0. The lowest BCUT2D eigenvalue weighted by atomic mass is 10.0. The van der Waals surface area contributed by atoms with Gasteiger partial charge in [-0.2, -0.15) is 13.2 Å². The summed E-state index contributed by atoms with van der Waals surface area (Å²) in [5.41, 5.74) is -1.50. The maximum Gasteiger partial charge on any atom is 0.415 e. The number of primary sulfonamides is 1. The van der Waals surface area contributed by atoms with Crippen molar-refractivity contribution >= 4 is 21.5 Å². The van der Waals surface area contributed by atoms with Gasteiger partial charge in [0, 0.05) is 23.6 Å². The highest BCUT2D eigenvalue weighted by Crippen LogP contribution is 2.40. The number of anilines is 1. The summed E-state index contributed by atoms with van der Waals surface area (Å²) in [5, 5.41) is 5.06. The van der Waals surface area contributed by atoms with Crippen LogP contribution in [0.3, 0.4) is 0 Å². The molecule has 2 heterocycles. The van der Waals surface area contributed by atoms with Gasteiger partial charge >= 0.3 is 6.18 Å². The Morgan fingerprint density at radius 3 is 2.35 bits per heavy atom. The van der Waals surface area contributed by atoms with Crippen molar-refractivity contribution in [3.8, 4) is 0 Å². The molecule has 26 heavy (non-hydrogen) atoms. The summed E-state index contributed by atoms with van der Waals surface area (Å²) in [5.74, 6) is 0.112. The number of aliphatic imine (C=N–C) groups is 1. The van der Waals surface area contributed by atoms with E-state index in [9.17, 15) is 21.6 Å². The van der Waals surface area contributed by atoms with E-state index >= 15 is 0 Å². The van der Waals surface area contributed by atoms with Gasteiger partial charge < -0.3 is 4.90 Å². The molecular weight excluding hydrogens is 369 g/mol. The molecular formula is C16H15F3N4O2S. The van der Waals surface area contributed by atoms with E-state index in [-0.39, 0.29) is 10.7 Å². The molecule has 1 aliphatic rings. The highest BCUT2D eigenvalue weighted by Gasteiger charge is 2.56. The lowest BCUT2D eigenvalue weighted by Crippen LogP contribution is -2.45. The molecule has 0 radical (unpaired) electrons. The molecule has 0 fully saturated rings. The molecule has 1 unspecified atom stereocenters. The van der Waals surface area contributed by atoms with Gasteiger partial charge in [0.1, 0.15) is 5.84 Å². The molecule has 1 aromatic heterocycles. The third-order valence-electron chi connectivity index (χ3n) is 4.08. The lowest BCUT2D eigenvalue weighted by molar-refractivity contribution is -0.174. The molecule has 138 valence electrons. The zero-order chi connectivity index (χ0) is 19.2. The van der Waals surface area contributed by atoms with Gasteiger partial charge in [0.15, 0.2) is 5.54 Å². The Hall–Kier alpha value is -2.46. The fourth-order valence-electron chi connectivity index (χ4n) is 2.61. The van der Waals surface area contributed by atoms with Crippen molar-refractivity contribution in [1.29, 1.82) is 0 Å². The Labute approximate surface area is 148 Å². The number of halogens is 3. The second-order valence-electron chi connectivity index (χ2n) is 6.07. The number of alkyl halides is 3. The van der Waals surface area contributed by atoms with E-state index < -0.39 is 28.3 Å². The van der Waals surface area contributed by atoms with Crippen LogP contribution in [0.4, 0.5) is 18.9 Å². The molecule has 0 aliphatic carbocycles. The number of benzene rings is 1. The summed E-state index contributed by atoms with van der Waals surface area (Å²) >= 11 is 0. The van der Waals surface area contributed by atoms with E-state index in [1.54, 1.807) is 12.1 Å². The van der Waals surface area contributed by atoms with Crippen LogP contribution in [0.25, 0.3) is 0 Å². The molecule has 0 bridgehead atoms. The fourth-order valence-corrected chi connectivity index (χ4v) is 3.13. The van der Waals surface area contributed by atoms with Crippen molar-refractivity contribution in [3.05, 3.63) is 54.4 Å². The average molecular weight is 384 g/mol. The summed E-state index contributed by atoms with van der Waals surface area (Å²) in [6.07, 6.45) is -1.62. The van der Waals surface area contributed by atoms with Crippen LogP contribution in [0.15, 0.2) is 58.7 Å². The van der Waals surface area contributed by atoms with Crippen LogP contribution < -0.4 is 10.0 Å². The standard InChI is InChI=1S/C16H15F3N4O2S/c1-15(16(17,18)19)10-23(14(22-15)11-3-2-8-21-9-11)12-4-6-13(7-5-12)26(20,24)25/h2-9H,10H2,1H3,(H2,20,24,25). The van der Waals surface area contributed by atoms with Crippen LogP contribution in [-0.4, -0.2) is 37.5 Å². The first-order valence-electron chi connectivity index (χ1n) is 7.49. The monoisotopic (exact) mass is 384 g/mol. The second-order valence-corrected chi connectivity index (χ2v) is 7.64. The first-order valence-corrected chi connectivity index (χ1v) is 9.03. The van der Waals surface area contributed by atoms with Gasteiger partial charge in [-0.3, -0.25) is 4.98 Å². The van der Waals surface area contributed by atoms with Crippen LogP contribution in [0.2, 0.25) is 0 Å². The predicted octanol–water partition coefficient (Wildman–Crippen LogP) is 2.32. The summed E-state index contributed by atoms with van der Waals surface area (Å²) in [4.78, 5) is 9.11. The molecule has 2 N–H and O–H groups in total. The SMILES string of the molecule is CC1(C(F)(F)F)CN(c2ccc(S(N)(=O)=O)cc2)C(c2cccnc2)=N1. The number of amidine groups is 1. The highest BCUT2D eigenvalue weighted by molar-refractivity contribution is 7.89. The quantitative estimate of drug-likeness (QED) is 0.880. The Balaban J connectivity index is 2.07. The molecule has 3 rings (SSSR count). The number of sulfonamides is 1. The maximum atomic E-state index is 13.5. The molecule has 2 aromatic rings. The number of nitrogens with two attached hydrogens (primary N) is 1. The van der Waals surface area contributed by atoms with Crippen molar-refractivity contribution in [1.82, 2.24) is 4.98 Å². The Morgan fingerprint density at radius 1 is 1.19 bits per heavy atom. The number of rotatable bonds is 3. The number of hydrogen-bond donors (Lipinski definition) is 1. The molecule has 6 nitrogen and oxygen atoms in total. The smallest absolute Gasteiger partial charge is 0.323 e. The molecule has 1 aromatic carbocycles. The Kier molecular flexibility index (Phi) is 4.27. The summed E-state index contributed by atoms with van der Waals surface area (Å²) in [7, 11) is -3.89. The van der Waals surface area contributed by atoms with Crippen molar-refractivity contribution in [2.75, 3.05) is 11.4 Å². The van der Waals surface area contributed by atoms with Gasteiger partial charge in [-0.25, -0.2) is 18.5 Å². The van der Waals surface area contributed by atoms with E-state index in [0.29, 0.717) is 11.3 Å². The average Bonchev–Trinajstić information content (AvgIpc) is 2.94. The lowest BCUT2D eigenvalue weighted by Gasteiger charge is -2.27. The van der Waals surface area contributed by atoms with Gasteiger partial charge in [0.2, 0.25) is 10.0 Å². The Bertz CT molecular complexity index is 944. The van der Waals surface area contributed by atoms with Gasteiger partial charge in [-0.05, 0) is 43.3 Å². The second kappa shape index (κ2) is 6.06. The third-order valence-corrected chi connectivity index (χ3v) is 5.01. The van der Waals surface area contributed by atoms with E-state index in [4.69, 9.17) is 5.14 Å². The highest BCUT2D eigenvalue weighted by atomic mass is 32.2. The van der Waals surface area contributed by atoms with Crippen LogP contribution >= 0.6 is 0 Å². The van der Waals surface area contributed by atoms with Crippen LogP contribution in [0, 0.1) is 0 Å². The van der Waals surface area contributed by atoms with Gasteiger partial charge in [0.25, 0.3) is 0 Å². The summed E-state index contributed by atoms with van der Waals surface area (Å²) in [6.45, 7) is 0.581. The third kappa shape index (κ3) is 3.29. The van der Waals surface area contributed by atoms with Crippen LogP contribution in [-0.2, 0) is 10.0 Å². The minimum Gasteiger partial charge on any atom is -0.323 e. The number of pyridine rings is 1. The zero-order valence-electron chi connectivity index (χ0n) is 13.6. The van der Waals surface area contributed by atoms with Crippen LogP contribution in [0.5, 0.6) is 0 Å². The molecule has 10 heteroatoms. The molecule has 0 amide bonds. The Morgan fingerprint density at radius 2 is 1.85 bits per heavy atom. The number of nitrogens with zero attached hydrogens (tertiary/aromatic N) is 3. The summed E-state index contributed by atoms with van der Waals surface area (Å²) in [6, 6.07) is 8.49. The minimum absolute atomic E-state index is 0.112. The fraction of sp³-hybridized carbons (Fsp3) is 0.250. The zero-order valence-corrected chi connectivity index (χ0v) is 14.4. The van der Waals surface area contributed by atoms with Crippen molar-refractivity contribution in [2.45, 2.75) is 23.5 Å². The first kappa shape index (κ1) is 18.3. The van der Waals surface area contributed by atoms with Crippen molar-refractivity contribution in [3.63, 3.8) is 0 Å². The van der Waals surface area contributed by atoms with Crippen molar-refractivity contribution < 1.29 is 21.6 Å². The molecule has 1 atom stereocenters. The van der Waals surface area contributed by atoms with E-state index in [1.165, 1.54) is 41.6 Å². The maximum absolute atomic E-state index is 13.5. The predicted molar refractivity (Wildman–Crippen MR) is 90.4 cm³/mol. The summed E-state index contributed by atoms with van der Waals surface area (Å²) < 4.78 is 63.2. The van der Waals surface area contributed by atoms with Gasteiger partial charge in [0.05, 0.1) is 11.4 Å². The molecule has 0 saturated heterocycles. The topological polar surface area (TPSA) is 88.6 Å². The van der Waals surface area contributed by atoms with Crippen LogP contribution in [0.1, 0.15) is 12.5 Å². The number of hydrogen-bond acceptors (Lipinski definition) is 5. The van der Waals surface area contributed by atoms with Gasteiger partial charge in [-0.1, -0.05) is 0 Å². The largest absolute Gasteiger partial charge is 0.415 e. The van der Waals surface area contributed by atoms with Crippen molar-refractivity contribution in [2.24, 2.45) is 10.1 Å². The first-order chi connectivity index (χ1) is 12.0. The molecule has 1 aliphatic heterocycles. The van der Waals surface area contributed by atoms with E-state index in [0.717, 1.165) is 6.92 Å². The minimum atomic E-state index is -4.55. The van der Waals surface area contributed by atoms with Gasteiger partial charge in [-0.15, -0.1) is 0 Å². The molecule has 0 saturated carbocycles.